The highest BCUT2D eigenvalue weighted by atomic mass is 16.5. The van der Waals surface area contributed by atoms with E-state index in [2.05, 4.69) is 63.8 Å². The molecule has 3 N–H and O–H groups in total. The predicted octanol–water partition coefficient (Wildman–Crippen LogP) is 4.95. The lowest BCUT2D eigenvalue weighted by molar-refractivity contribution is -0.139. The van der Waals surface area contributed by atoms with Gasteiger partial charge in [-0.25, -0.2) is 15.0 Å². The van der Waals surface area contributed by atoms with Gasteiger partial charge in [0.05, 0.1) is 31.5 Å². The summed E-state index contributed by atoms with van der Waals surface area (Å²) in [5, 5.41) is 9.48. The summed E-state index contributed by atoms with van der Waals surface area (Å²) >= 11 is 0. The first-order valence-corrected chi connectivity index (χ1v) is 14.4. The SMILES string of the molecule is CCOC(=O)C1=C(C)NC(=O)N[C@H]1c1ccc(OCC(=O)N/N=C\c2cc(C)n(-c3ccc(C(C)C)cc3)c2C)c(OC)c1. The van der Waals surface area contributed by atoms with Crippen molar-refractivity contribution in [1.82, 2.24) is 20.6 Å². The zero-order valence-electron chi connectivity index (χ0n) is 26.1. The Labute approximate surface area is 257 Å². The molecule has 3 aromatic rings. The largest absolute Gasteiger partial charge is 0.493 e. The van der Waals surface area contributed by atoms with Gasteiger partial charge in [0.2, 0.25) is 0 Å². The fraction of sp³-hybridized carbons (Fsp3) is 0.333. The van der Waals surface area contributed by atoms with Crippen molar-refractivity contribution in [2.75, 3.05) is 20.3 Å². The van der Waals surface area contributed by atoms with Crippen LogP contribution >= 0.6 is 0 Å². The molecule has 4 rings (SSSR count). The lowest BCUT2D eigenvalue weighted by Gasteiger charge is -2.28. The molecule has 1 atom stereocenters. The smallest absolute Gasteiger partial charge is 0.338 e. The van der Waals surface area contributed by atoms with Crippen LogP contribution in [0.5, 0.6) is 11.5 Å². The average Bonchev–Trinajstić information content (AvgIpc) is 3.27. The standard InChI is InChI=1S/C33H39N5O6/c1-8-43-32(40)30-21(5)35-33(41)36-31(30)24-11-14-27(28(16-24)42-7)44-18-29(39)37-34-17-25-15-20(4)38(22(25)6)26-12-9-23(10-13-26)19(2)3/h9-17,19,31H,8,18H2,1-7H3,(H,37,39)(H2,35,36,41)/b34-17-/t31-/m0/s1. The molecule has 1 aliphatic rings. The van der Waals surface area contributed by atoms with Crippen LogP contribution in [0.4, 0.5) is 4.79 Å². The molecule has 0 bridgehead atoms. The van der Waals surface area contributed by atoms with Crippen LogP contribution in [0.1, 0.15) is 67.7 Å². The first-order chi connectivity index (χ1) is 21.0. The molecule has 0 saturated carbocycles. The van der Waals surface area contributed by atoms with Gasteiger partial charge in [0.25, 0.3) is 5.91 Å². The Morgan fingerprint density at radius 1 is 1.07 bits per heavy atom. The van der Waals surface area contributed by atoms with Crippen LogP contribution in [0.25, 0.3) is 5.69 Å². The molecule has 0 fully saturated rings. The number of hydrogen-bond donors (Lipinski definition) is 3. The maximum absolute atomic E-state index is 12.6. The molecule has 0 aliphatic carbocycles. The van der Waals surface area contributed by atoms with Crippen LogP contribution in [0.2, 0.25) is 0 Å². The molecule has 232 valence electrons. The third-order valence-electron chi connectivity index (χ3n) is 7.33. The van der Waals surface area contributed by atoms with Crippen molar-refractivity contribution in [3.63, 3.8) is 0 Å². The number of amides is 3. The minimum atomic E-state index is -0.759. The van der Waals surface area contributed by atoms with Crippen LogP contribution in [0, 0.1) is 13.8 Å². The van der Waals surface area contributed by atoms with Gasteiger partial charge in [0.15, 0.2) is 18.1 Å². The molecule has 0 unspecified atom stereocenters. The van der Waals surface area contributed by atoms with Crippen LogP contribution in [-0.2, 0) is 14.3 Å². The second-order valence-electron chi connectivity index (χ2n) is 10.7. The van der Waals surface area contributed by atoms with E-state index in [-0.39, 0.29) is 18.8 Å². The minimum absolute atomic E-state index is 0.192. The molecule has 2 aromatic carbocycles. The summed E-state index contributed by atoms with van der Waals surface area (Å²) in [6.45, 7) is 11.6. The lowest BCUT2D eigenvalue weighted by Crippen LogP contribution is -2.45. The lowest BCUT2D eigenvalue weighted by atomic mass is 9.95. The highest BCUT2D eigenvalue weighted by molar-refractivity contribution is 5.95. The number of aromatic nitrogens is 1. The molecule has 2 heterocycles. The fourth-order valence-electron chi connectivity index (χ4n) is 5.08. The Bertz CT molecular complexity index is 1600. The zero-order valence-corrected chi connectivity index (χ0v) is 26.1. The Morgan fingerprint density at radius 2 is 1.80 bits per heavy atom. The number of esters is 1. The zero-order chi connectivity index (χ0) is 32.0. The number of carbonyl (C=O) groups excluding carboxylic acids is 3. The molecule has 1 aliphatic heterocycles. The molecule has 3 amide bonds. The van der Waals surface area contributed by atoms with E-state index >= 15 is 0 Å². The third kappa shape index (κ3) is 7.11. The van der Waals surface area contributed by atoms with Crippen molar-refractivity contribution in [2.24, 2.45) is 5.10 Å². The minimum Gasteiger partial charge on any atom is -0.493 e. The normalized spacial score (nSPS) is 14.8. The number of nitrogens with zero attached hydrogens (tertiary/aromatic N) is 2. The van der Waals surface area contributed by atoms with Gasteiger partial charge in [0.1, 0.15) is 0 Å². The summed E-state index contributed by atoms with van der Waals surface area (Å²) in [4.78, 5) is 37.3. The molecule has 0 radical (unpaired) electrons. The number of carbonyl (C=O) groups is 3. The number of hydrogen-bond acceptors (Lipinski definition) is 7. The van der Waals surface area contributed by atoms with Crippen molar-refractivity contribution in [1.29, 1.82) is 0 Å². The number of nitrogens with one attached hydrogen (secondary N) is 3. The first-order valence-electron chi connectivity index (χ1n) is 14.4. The van der Waals surface area contributed by atoms with Gasteiger partial charge in [-0.15, -0.1) is 0 Å². The average molecular weight is 602 g/mol. The summed E-state index contributed by atoms with van der Waals surface area (Å²) in [6.07, 6.45) is 1.61. The van der Waals surface area contributed by atoms with Gasteiger partial charge in [-0.3, -0.25) is 4.79 Å². The van der Waals surface area contributed by atoms with Gasteiger partial charge < -0.3 is 29.4 Å². The van der Waals surface area contributed by atoms with E-state index in [0.29, 0.717) is 28.7 Å². The van der Waals surface area contributed by atoms with Crippen molar-refractivity contribution < 1.29 is 28.6 Å². The van der Waals surface area contributed by atoms with Gasteiger partial charge in [-0.05, 0) is 75.1 Å². The van der Waals surface area contributed by atoms with E-state index in [4.69, 9.17) is 14.2 Å². The number of allylic oxidation sites excluding steroid dienone is 1. The third-order valence-corrected chi connectivity index (χ3v) is 7.33. The second kappa shape index (κ2) is 13.9. The quantitative estimate of drug-likeness (QED) is 0.162. The number of hydrazone groups is 1. The summed E-state index contributed by atoms with van der Waals surface area (Å²) in [6, 6.07) is 14.2. The van der Waals surface area contributed by atoms with Crippen LogP contribution in [-0.4, -0.2) is 49.0 Å². The summed E-state index contributed by atoms with van der Waals surface area (Å²) in [7, 11) is 1.46. The number of ether oxygens (including phenoxy) is 3. The first kappa shape index (κ1) is 31.9. The summed E-state index contributed by atoms with van der Waals surface area (Å²) < 4.78 is 18.5. The van der Waals surface area contributed by atoms with Gasteiger partial charge in [0, 0.05) is 28.3 Å². The summed E-state index contributed by atoms with van der Waals surface area (Å²) in [5.41, 5.74) is 9.03. The van der Waals surface area contributed by atoms with E-state index in [1.54, 1.807) is 38.3 Å². The Morgan fingerprint density at radius 3 is 2.45 bits per heavy atom. The highest BCUT2D eigenvalue weighted by Crippen LogP contribution is 2.34. The van der Waals surface area contributed by atoms with Gasteiger partial charge in [-0.2, -0.15) is 5.10 Å². The molecule has 0 spiro atoms. The van der Waals surface area contributed by atoms with Crippen LogP contribution in [0.15, 0.2) is 64.9 Å². The van der Waals surface area contributed by atoms with Crippen molar-refractivity contribution in [2.45, 2.75) is 53.5 Å². The fourth-order valence-corrected chi connectivity index (χ4v) is 5.08. The Kier molecular flexibility index (Phi) is 10.1. The van der Waals surface area contributed by atoms with Crippen molar-refractivity contribution in [3.05, 3.63) is 87.9 Å². The summed E-state index contributed by atoms with van der Waals surface area (Å²) in [5.74, 6) is 0.0887. The number of rotatable bonds is 11. The van der Waals surface area contributed by atoms with Crippen LogP contribution in [0.3, 0.4) is 0 Å². The van der Waals surface area contributed by atoms with E-state index in [9.17, 15) is 14.4 Å². The number of aryl methyl sites for hydroxylation is 1. The van der Waals surface area contributed by atoms with Crippen molar-refractivity contribution in [3.8, 4) is 17.2 Å². The van der Waals surface area contributed by atoms with Crippen LogP contribution < -0.4 is 25.5 Å². The second-order valence-corrected chi connectivity index (χ2v) is 10.7. The van der Waals surface area contributed by atoms with E-state index in [0.717, 1.165) is 22.6 Å². The number of urea groups is 1. The molecule has 11 heteroatoms. The van der Waals surface area contributed by atoms with Crippen molar-refractivity contribution >= 4 is 24.1 Å². The van der Waals surface area contributed by atoms with E-state index < -0.39 is 23.9 Å². The molecule has 0 saturated heterocycles. The van der Waals surface area contributed by atoms with E-state index in [1.807, 2.05) is 19.9 Å². The number of benzene rings is 2. The van der Waals surface area contributed by atoms with Gasteiger partial charge in [-0.1, -0.05) is 32.0 Å². The van der Waals surface area contributed by atoms with Gasteiger partial charge >= 0.3 is 12.0 Å². The Balaban J connectivity index is 1.41. The topological polar surface area (TPSA) is 132 Å². The predicted molar refractivity (Wildman–Crippen MR) is 167 cm³/mol. The maximum Gasteiger partial charge on any atom is 0.338 e. The molecule has 44 heavy (non-hydrogen) atoms. The molecular weight excluding hydrogens is 562 g/mol. The Hall–Kier alpha value is -5.06. The van der Waals surface area contributed by atoms with E-state index in [1.165, 1.54) is 12.7 Å². The molecule has 1 aromatic heterocycles. The molecule has 11 nitrogen and oxygen atoms in total. The highest BCUT2D eigenvalue weighted by Gasteiger charge is 2.32. The maximum atomic E-state index is 12.6. The molecular formula is C33H39N5O6. The monoisotopic (exact) mass is 601 g/mol. The number of methoxy groups -OCH3 is 1.